The van der Waals surface area contributed by atoms with Crippen molar-refractivity contribution in [2.24, 2.45) is 0 Å². The summed E-state index contributed by atoms with van der Waals surface area (Å²) >= 11 is 0. The van der Waals surface area contributed by atoms with Crippen LogP contribution in [-0.2, 0) is 17.6 Å². The molecular formula is C15H23NO. The van der Waals surface area contributed by atoms with Gasteiger partial charge in [0.1, 0.15) is 0 Å². The van der Waals surface area contributed by atoms with E-state index in [0.717, 1.165) is 19.8 Å². The van der Waals surface area contributed by atoms with Crippen molar-refractivity contribution in [2.45, 2.75) is 39.2 Å². The summed E-state index contributed by atoms with van der Waals surface area (Å²) in [5.41, 5.74) is 4.46. The third-order valence-corrected chi connectivity index (χ3v) is 3.46. The van der Waals surface area contributed by atoms with E-state index in [1.54, 1.807) is 11.1 Å². The first-order valence-electron chi connectivity index (χ1n) is 6.78. The van der Waals surface area contributed by atoms with E-state index >= 15 is 0 Å². The summed E-state index contributed by atoms with van der Waals surface area (Å²) in [6, 6.07) is 7.27. The Morgan fingerprint density at radius 1 is 1.24 bits per heavy atom. The van der Waals surface area contributed by atoms with Crippen molar-refractivity contribution >= 4 is 0 Å². The Balaban J connectivity index is 2.11. The van der Waals surface area contributed by atoms with Gasteiger partial charge < -0.3 is 10.1 Å². The fourth-order valence-electron chi connectivity index (χ4n) is 2.56. The number of ether oxygens (including phenoxy) is 1. The number of nitrogens with one attached hydrogen (secondary N) is 1. The van der Waals surface area contributed by atoms with Crippen LogP contribution >= 0.6 is 0 Å². The molecule has 1 aromatic carbocycles. The highest BCUT2D eigenvalue weighted by molar-refractivity contribution is 5.36. The maximum Gasteiger partial charge on any atom is 0.0661 e. The molecule has 0 aromatic heterocycles. The second-order valence-corrected chi connectivity index (χ2v) is 4.65. The molecule has 0 heterocycles. The lowest BCUT2D eigenvalue weighted by Gasteiger charge is -2.19. The highest BCUT2D eigenvalue weighted by Crippen LogP contribution is 2.25. The van der Waals surface area contributed by atoms with Gasteiger partial charge in [-0.25, -0.2) is 0 Å². The van der Waals surface area contributed by atoms with E-state index < -0.39 is 0 Å². The van der Waals surface area contributed by atoms with Crippen molar-refractivity contribution in [3.63, 3.8) is 0 Å². The van der Waals surface area contributed by atoms with Crippen LogP contribution in [0.25, 0.3) is 0 Å². The lowest BCUT2D eigenvalue weighted by atomic mass is 10.0. The predicted molar refractivity (Wildman–Crippen MR) is 71.4 cm³/mol. The molecule has 1 aromatic rings. The monoisotopic (exact) mass is 233 g/mol. The molecule has 1 aliphatic carbocycles. The fraction of sp³-hybridized carbons (Fsp3) is 0.600. The van der Waals surface area contributed by atoms with Gasteiger partial charge in [0.05, 0.1) is 12.6 Å². The van der Waals surface area contributed by atoms with Crippen LogP contribution in [0.1, 0.15) is 43.0 Å². The molecule has 0 saturated carbocycles. The Hall–Kier alpha value is -0.860. The summed E-state index contributed by atoms with van der Waals surface area (Å²) in [4.78, 5) is 0. The van der Waals surface area contributed by atoms with Crippen molar-refractivity contribution in [3.05, 3.63) is 34.9 Å². The Morgan fingerprint density at radius 3 is 2.82 bits per heavy atom. The molecule has 94 valence electrons. The molecule has 17 heavy (non-hydrogen) atoms. The molecule has 2 nitrogen and oxygen atoms in total. The van der Waals surface area contributed by atoms with Crippen LogP contribution < -0.4 is 5.32 Å². The first-order valence-corrected chi connectivity index (χ1v) is 6.78. The number of likely N-dealkylation sites (N-methyl/N-ethyl adjacent to an activating group) is 1. The highest BCUT2D eigenvalue weighted by Gasteiger charge is 2.15. The van der Waals surface area contributed by atoms with Crippen molar-refractivity contribution in [2.75, 3.05) is 19.8 Å². The molecule has 2 heteroatoms. The van der Waals surface area contributed by atoms with E-state index in [-0.39, 0.29) is 0 Å². The lowest BCUT2D eigenvalue weighted by molar-refractivity contribution is 0.123. The second kappa shape index (κ2) is 6.18. The van der Waals surface area contributed by atoms with E-state index in [4.69, 9.17) is 4.74 Å². The van der Waals surface area contributed by atoms with Gasteiger partial charge in [0, 0.05) is 6.61 Å². The zero-order valence-corrected chi connectivity index (χ0v) is 11.0. The van der Waals surface area contributed by atoms with Crippen molar-refractivity contribution in [1.29, 1.82) is 0 Å². The number of hydrogen-bond donors (Lipinski definition) is 1. The van der Waals surface area contributed by atoms with Crippen LogP contribution in [0.4, 0.5) is 0 Å². The van der Waals surface area contributed by atoms with Gasteiger partial charge in [-0.2, -0.15) is 0 Å². The summed E-state index contributed by atoms with van der Waals surface area (Å²) in [5, 5.41) is 3.50. The summed E-state index contributed by atoms with van der Waals surface area (Å²) in [7, 11) is 0. The second-order valence-electron chi connectivity index (χ2n) is 4.65. The molecule has 1 unspecified atom stereocenters. The number of aryl methyl sites for hydroxylation is 2. The minimum absolute atomic E-state index is 0.339. The summed E-state index contributed by atoms with van der Waals surface area (Å²) < 4.78 is 5.56. The zero-order valence-electron chi connectivity index (χ0n) is 11.0. The smallest absolute Gasteiger partial charge is 0.0661 e. The normalized spacial score (nSPS) is 15.9. The van der Waals surface area contributed by atoms with Crippen LogP contribution in [0.5, 0.6) is 0 Å². The van der Waals surface area contributed by atoms with E-state index in [2.05, 4.69) is 30.4 Å². The van der Waals surface area contributed by atoms with Gasteiger partial charge in [0.25, 0.3) is 0 Å². The minimum Gasteiger partial charge on any atom is -0.380 e. The van der Waals surface area contributed by atoms with Crippen LogP contribution in [-0.4, -0.2) is 19.8 Å². The third-order valence-electron chi connectivity index (χ3n) is 3.46. The number of benzene rings is 1. The molecule has 1 N–H and O–H groups in total. The lowest BCUT2D eigenvalue weighted by Crippen LogP contribution is -2.25. The van der Waals surface area contributed by atoms with E-state index in [1.807, 2.05) is 6.92 Å². The highest BCUT2D eigenvalue weighted by atomic mass is 16.5. The Kier molecular flexibility index (Phi) is 4.57. The first-order chi connectivity index (χ1) is 8.35. The van der Waals surface area contributed by atoms with E-state index in [1.165, 1.54) is 24.8 Å². The predicted octanol–water partition coefficient (Wildman–Crippen LogP) is 2.86. The summed E-state index contributed by atoms with van der Waals surface area (Å²) in [5.74, 6) is 0. The zero-order chi connectivity index (χ0) is 12.1. The van der Waals surface area contributed by atoms with Gasteiger partial charge in [-0.15, -0.1) is 0 Å². The number of fused-ring (bicyclic) bond motifs is 1. The third kappa shape index (κ3) is 3.08. The first kappa shape index (κ1) is 12.6. The van der Waals surface area contributed by atoms with Gasteiger partial charge in [-0.1, -0.05) is 25.1 Å². The average Bonchev–Trinajstić information content (AvgIpc) is 2.81. The maximum atomic E-state index is 5.56. The molecule has 0 saturated heterocycles. The van der Waals surface area contributed by atoms with Gasteiger partial charge in [0.15, 0.2) is 0 Å². The molecular weight excluding hydrogens is 210 g/mol. The molecule has 0 bridgehead atoms. The number of rotatable bonds is 6. The molecule has 2 rings (SSSR count). The van der Waals surface area contributed by atoms with Crippen LogP contribution in [0.3, 0.4) is 0 Å². The Labute approximate surface area is 104 Å². The van der Waals surface area contributed by atoms with E-state index in [9.17, 15) is 0 Å². The largest absolute Gasteiger partial charge is 0.380 e. The Bertz CT molecular complexity index is 362. The quantitative estimate of drug-likeness (QED) is 0.815. The van der Waals surface area contributed by atoms with E-state index in [0.29, 0.717) is 6.04 Å². The molecule has 0 amide bonds. The van der Waals surface area contributed by atoms with Crippen molar-refractivity contribution < 1.29 is 4.74 Å². The summed E-state index contributed by atoms with van der Waals surface area (Å²) in [6.07, 6.45) is 3.82. The molecule has 0 spiro atoms. The topological polar surface area (TPSA) is 21.3 Å². The fourth-order valence-corrected chi connectivity index (χ4v) is 2.56. The van der Waals surface area contributed by atoms with Crippen LogP contribution in [0.15, 0.2) is 18.2 Å². The standard InChI is InChI=1S/C15H23NO/c1-3-16-15(11-17-4-2)14-9-8-12-6-5-7-13(12)10-14/h8-10,15-16H,3-7,11H2,1-2H3. The Morgan fingerprint density at radius 2 is 2.06 bits per heavy atom. The number of hydrogen-bond acceptors (Lipinski definition) is 2. The van der Waals surface area contributed by atoms with Crippen LogP contribution in [0, 0.1) is 0 Å². The molecule has 0 aliphatic heterocycles. The molecule has 1 aliphatic rings. The molecule has 0 radical (unpaired) electrons. The summed E-state index contributed by atoms with van der Waals surface area (Å²) in [6.45, 7) is 6.72. The van der Waals surface area contributed by atoms with Crippen LogP contribution in [0.2, 0.25) is 0 Å². The molecule has 0 fully saturated rings. The molecule has 1 atom stereocenters. The average molecular weight is 233 g/mol. The van der Waals surface area contributed by atoms with Gasteiger partial charge in [0.2, 0.25) is 0 Å². The van der Waals surface area contributed by atoms with Crippen molar-refractivity contribution in [1.82, 2.24) is 5.32 Å². The maximum absolute atomic E-state index is 5.56. The SMILES string of the molecule is CCNC(COCC)c1ccc2c(c1)CCC2. The van der Waals surface area contributed by atoms with Gasteiger partial charge in [-0.05, 0) is 49.4 Å². The van der Waals surface area contributed by atoms with Gasteiger partial charge in [-0.3, -0.25) is 0 Å². The van der Waals surface area contributed by atoms with Gasteiger partial charge >= 0.3 is 0 Å². The van der Waals surface area contributed by atoms with Crippen molar-refractivity contribution in [3.8, 4) is 0 Å². The minimum atomic E-state index is 0.339.